The lowest BCUT2D eigenvalue weighted by atomic mass is 10.1. The monoisotopic (exact) mass is 277 g/mol. The van der Waals surface area contributed by atoms with Gasteiger partial charge in [0.2, 0.25) is 0 Å². The van der Waals surface area contributed by atoms with Crippen molar-refractivity contribution in [3.8, 4) is 0 Å². The predicted molar refractivity (Wildman–Crippen MR) is 57.3 cm³/mol. The molecule has 5 nitrogen and oxygen atoms in total. The number of alkyl halides is 3. The van der Waals surface area contributed by atoms with E-state index in [-0.39, 0.29) is 5.56 Å². The van der Waals surface area contributed by atoms with E-state index in [1.54, 1.807) is 6.92 Å². The Morgan fingerprint density at radius 3 is 2.00 bits per heavy atom. The molecule has 0 aliphatic carbocycles. The smallest absolute Gasteiger partial charge is 0.448 e. The molecule has 19 heavy (non-hydrogen) atoms. The molecule has 1 atom stereocenters. The van der Waals surface area contributed by atoms with Gasteiger partial charge in [0.15, 0.2) is 0 Å². The number of aryl methyl sites for hydroxylation is 1. The van der Waals surface area contributed by atoms with Crippen LogP contribution in [0.1, 0.15) is 15.9 Å². The summed E-state index contributed by atoms with van der Waals surface area (Å²) in [7, 11) is 0. The Hall–Kier alpha value is -2.09. The number of nitrogens with one attached hydrogen (secondary N) is 1. The lowest BCUT2D eigenvalue weighted by Crippen LogP contribution is -2.64. The van der Waals surface area contributed by atoms with E-state index >= 15 is 0 Å². The van der Waals surface area contributed by atoms with Crippen LogP contribution in [0.3, 0.4) is 0 Å². The summed E-state index contributed by atoms with van der Waals surface area (Å²) in [6, 6.07) is 5.34. The molecule has 0 saturated carbocycles. The molecule has 1 aromatic carbocycles. The Kier molecular flexibility index (Phi) is 3.85. The van der Waals surface area contributed by atoms with E-state index in [0.717, 1.165) is 10.9 Å². The molecule has 0 aliphatic rings. The van der Waals surface area contributed by atoms with E-state index in [9.17, 15) is 22.8 Å². The summed E-state index contributed by atoms with van der Waals surface area (Å²) in [5.74, 6) is -3.96. The number of carbonyl (C=O) groups excluding carboxylic acids is 1. The van der Waals surface area contributed by atoms with Crippen molar-refractivity contribution in [3.63, 3.8) is 0 Å². The summed E-state index contributed by atoms with van der Waals surface area (Å²) >= 11 is 0. The molecule has 0 radical (unpaired) electrons. The lowest BCUT2D eigenvalue weighted by molar-refractivity contribution is -0.266. The van der Waals surface area contributed by atoms with Gasteiger partial charge in [0.05, 0.1) is 0 Å². The van der Waals surface area contributed by atoms with Crippen molar-refractivity contribution < 1.29 is 33.0 Å². The molecule has 8 heteroatoms. The van der Waals surface area contributed by atoms with Gasteiger partial charge in [-0.3, -0.25) is 4.79 Å². The number of hydrogen-bond donors (Lipinski definition) is 3. The summed E-state index contributed by atoms with van der Waals surface area (Å²) in [5.41, 5.74) is -3.76. The molecular weight excluding hydrogens is 267 g/mol. The zero-order chi connectivity index (χ0) is 14.8. The molecule has 0 fully saturated rings. The summed E-state index contributed by atoms with van der Waals surface area (Å²) in [6.07, 6.45) is -5.54. The number of carboxylic acid groups (broad SMARTS) is 1. The first-order chi connectivity index (χ1) is 8.58. The molecule has 3 N–H and O–H groups in total. The molecule has 0 bridgehead atoms. The summed E-state index contributed by atoms with van der Waals surface area (Å²) in [4.78, 5) is 22.0. The van der Waals surface area contributed by atoms with Gasteiger partial charge in [-0.05, 0) is 19.1 Å². The minimum Gasteiger partial charge on any atom is -0.477 e. The Morgan fingerprint density at radius 2 is 1.63 bits per heavy atom. The average molecular weight is 277 g/mol. The van der Waals surface area contributed by atoms with E-state index in [1.807, 2.05) is 0 Å². The maximum atomic E-state index is 12.4. The molecular formula is C11H10F3NO4. The molecule has 0 aliphatic heterocycles. The zero-order valence-corrected chi connectivity index (χ0v) is 9.65. The quantitative estimate of drug-likeness (QED) is 0.721. The van der Waals surface area contributed by atoms with Gasteiger partial charge in [0.25, 0.3) is 5.91 Å². The van der Waals surface area contributed by atoms with Crippen molar-refractivity contribution in [3.05, 3.63) is 35.4 Å². The second kappa shape index (κ2) is 4.88. The van der Waals surface area contributed by atoms with E-state index in [4.69, 9.17) is 10.2 Å². The van der Waals surface area contributed by atoms with E-state index in [2.05, 4.69) is 0 Å². The molecule has 104 valence electrons. The van der Waals surface area contributed by atoms with Crippen molar-refractivity contribution >= 4 is 11.9 Å². The average Bonchev–Trinajstić information content (AvgIpc) is 2.27. The fourth-order valence-electron chi connectivity index (χ4n) is 1.19. The third kappa shape index (κ3) is 3.02. The number of hydrogen-bond acceptors (Lipinski definition) is 3. The van der Waals surface area contributed by atoms with Crippen molar-refractivity contribution in [1.29, 1.82) is 0 Å². The minimum atomic E-state index is -5.54. The normalized spacial score (nSPS) is 14.6. The maximum absolute atomic E-state index is 12.4. The van der Waals surface area contributed by atoms with Crippen LogP contribution in [0.15, 0.2) is 24.3 Å². The van der Waals surface area contributed by atoms with Crippen LogP contribution in [-0.4, -0.2) is 34.0 Å². The number of halogens is 3. The summed E-state index contributed by atoms with van der Waals surface area (Å²) < 4.78 is 37.3. The van der Waals surface area contributed by atoms with Crippen molar-refractivity contribution in [2.24, 2.45) is 0 Å². The Balaban J connectivity index is 3.02. The number of benzene rings is 1. The number of carboxylic acids is 1. The van der Waals surface area contributed by atoms with Gasteiger partial charge in [0, 0.05) is 5.56 Å². The Labute approximate surface area is 105 Å². The Morgan fingerprint density at radius 1 is 1.16 bits per heavy atom. The highest BCUT2D eigenvalue weighted by Crippen LogP contribution is 2.28. The topological polar surface area (TPSA) is 86.6 Å². The first-order valence-corrected chi connectivity index (χ1v) is 4.99. The summed E-state index contributed by atoms with van der Waals surface area (Å²) in [5, 5.41) is 18.5. The lowest BCUT2D eigenvalue weighted by Gasteiger charge is -2.26. The van der Waals surface area contributed by atoms with Gasteiger partial charge in [-0.25, -0.2) is 4.79 Å². The van der Waals surface area contributed by atoms with Crippen LogP contribution in [0.5, 0.6) is 0 Å². The number of carbonyl (C=O) groups is 2. The molecule has 1 aromatic rings. The van der Waals surface area contributed by atoms with E-state index < -0.39 is 23.8 Å². The fourth-order valence-corrected chi connectivity index (χ4v) is 1.19. The SMILES string of the molecule is Cc1ccc(C(=O)NC(O)(C(=O)O)C(F)(F)F)cc1. The van der Waals surface area contributed by atoms with Gasteiger partial charge >= 0.3 is 17.9 Å². The van der Waals surface area contributed by atoms with Gasteiger partial charge in [-0.2, -0.15) is 13.2 Å². The maximum Gasteiger partial charge on any atom is 0.448 e. The molecule has 0 saturated heterocycles. The highest BCUT2D eigenvalue weighted by atomic mass is 19.4. The molecule has 1 rings (SSSR count). The fraction of sp³-hybridized carbons (Fsp3) is 0.273. The van der Waals surface area contributed by atoms with Crippen LogP contribution in [-0.2, 0) is 4.79 Å². The third-order valence-corrected chi connectivity index (χ3v) is 2.33. The van der Waals surface area contributed by atoms with Crippen LogP contribution in [0, 0.1) is 6.92 Å². The van der Waals surface area contributed by atoms with Crippen LogP contribution in [0.25, 0.3) is 0 Å². The van der Waals surface area contributed by atoms with Crippen molar-refractivity contribution in [2.75, 3.05) is 0 Å². The Bertz CT molecular complexity index is 498. The molecule has 0 spiro atoms. The molecule has 1 unspecified atom stereocenters. The molecule has 0 heterocycles. The number of aliphatic carboxylic acids is 1. The first kappa shape index (κ1) is 15.0. The van der Waals surface area contributed by atoms with Crippen LogP contribution < -0.4 is 5.32 Å². The second-order valence-electron chi connectivity index (χ2n) is 3.83. The second-order valence-corrected chi connectivity index (χ2v) is 3.83. The minimum absolute atomic E-state index is 0.200. The highest BCUT2D eigenvalue weighted by molar-refractivity contribution is 5.97. The van der Waals surface area contributed by atoms with Crippen LogP contribution >= 0.6 is 0 Å². The van der Waals surface area contributed by atoms with E-state index in [0.29, 0.717) is 0 Å². The van der Waals surface area contributed by atoms with Crippen molar-refractivity contribution in [1.82, 2.24) is 5.32 Å². The van der Waals surface area contributed by atoms with Gasteiger partial charge in [-0.15, -0.1) is 0 Å². The highest BCUT2D eigenvalue weighted by Gasteiger charge is 2.61. The number of rotatable bonds is 3. The van der Waals surface area contributed by atoms with Gasteiger partial charge in [-0.1, -0.05) is 17.7 Å². The van der Waals surface area contributed by atoms with Gasteiger partial charge < -0.3 is 15.5 Å². The number of aliphatic hydroxyl groups is 1. The zero-order valence-electron chi connectivity index (χ0n) is 9.65. The standard InChI is InChI=1S/C11H10F3NO4/c1-6-2-4-7(5-3-6)8(16)15-10(19,9(17)18)11(12,13)14/h2-5,19H,1H3,(H,15,16)(H,17,18). The third-order valence-electron chi connectivity index (χ3n) is 2.33. The molecule has 0 aromatic heterocycles. The number of amides is 1. The summed E-state index contributed by atoms with van der Waals surface area (Å²) in [6.45, 7) is 1.70. The molecule has 1 amide bonds. The predicted octanol–water partition coefficient (Wildman–Crippen LogP) is 1.06. The van der Waals surface area contributed by atoms with Crippen LogP contribution in [0.4, 0.5) is 13.2 Å². The first-order valence-electron chi connectivity index (χ1n) is 4.99. The van der Waals surface area contributed by atoms with Crippen molar-refractivity contribution in [2.45, 2.75) is 18.8 Å². The largest absolute Gasteiger partial charge is 0.477 e. The van der Waals surface area contributed by atoms with Gasteiger partial charge in [0.1, 0.15) is 0 Å². The van der Waals surface area contributed by atoms with E-state index in [1.165, 1.54) is 24.3 Å². The van der Waals surface area contributed by atoms with Crippen LogP contribution in [0.2, 0.25) is 0 Å².